The number of aryl methyl sites for hydroxylation is 1. The van der Waals surface area contributed by atoms with Crippen LogP contribution < -0.4 is 9.64 Å². The van der Waals surface area contributed by atoms with Crippen LogP contribution in [0.15, 0.2) is 42.7 Å². The molecule has 1 N–H and O–H groups in total. The Morgan fingerprint density at radius 1 is 1.18 bits per heavy atom. The van der Waals surface area contributed by atoms with Crippen molar-refractivity contribution in [2.45, 2.75) is 44.2 Å². The minimum Gasteiger partial charge on any atom is -0.449 e. The highest BCUT2D eigenvalue weighted by Gasteiger charge is 2.31. The van der Waals surface area contributed by atoms with Gasteiger partial charge in [0, 0.05) is 43.3 Å². The van der Waals surface area contributed by atoms with E-state index in [4.69, 9.17) is 9.84 Å². The Labute approximate surface area is 165 Å². The molecule has 148 valence electrons. The number of pyridine rings is 1. The van der Waals surface area contributed by atoms with Crippen LogP contribution in [0, 0.1) is 0 Å². The molecule has 1 aliphatic carbocycles. The number of carbonyl (C=O) groups is 1. The van der Waals surface area contributed by atoms with Gasteiger partial charge < -0.3 is 14.7 Å². The summed E-state index contributed by atoms with van der Waals surface area (Å²) in [5.74, 6) is 0.416. The lowest BCUT2D eigenvalue weighted by molar-refractivity contribution is 0.134. The fourth-order valence-corrected chi connectivity index (χ4v) is 4.68. The predicted molar refractivity (Wildman–Crippen MR) is 108 cm³/mol. The van der Waals surface area contributed by atoms with E-state index < -0.39 is 6.16 Å². The van der Waals surface area contributed by atoms with E-state index in [1.54, 1.807) is 6.07 Å². The molecule has 1 atom stereocenters. The second-order valence-corrected chi connectivity index (χ2v) is 7.73. The van der Waals surface area contributed by atoms with Crippen molar-refractivity contribution in [3.63, 3.8) is 0 Å². The van der Waals surface area contributed by atoms with Crippen molar-refractivity contribution < 1.29 is 14.6 Å². The summed E-state index contributed by atoms with van der Waals surface area (Å²) in [5.41, 5.74) is 3.79. The largest absolute Gasteiger partial charge is 0.511 e. The molecular formula is C22H27N3O3. The van der Waals surface area contributed by atoms with Crippen molar-refractivity contribution in [1.82, 2.24) is 9.88 Å². The highest BCUT2D eigenvalue weighted by molar-refractivity contribution is 5.61. The number of nitrogens with zero attached hydrogens (tertiary/aromatic N) is 3. The summed E-state index contributed by atoms with van der Waals surface area (Å²) in [5, 5.41) is 8.93. The fraction of sp³-hybridized carbons (Fsp3) is 0.455. The number of fused-ring (bicyclic) bond motifs is 1. The number of hydrogen-bond donors (Lipinski definition) is 1. The Morgan fingerprint density at radius 2 is 1.93 bits per heavy atom. The topological polar surface area (TPSA) is 65.9 Å². The quantitative estimate of drug-likeness (QED) is 0.635. The Bertz CT molecular complexity index is 819. The number of rotatable bonds is 4. The van der Waals surface area contributed by atoms with E-state index in [0.29, 0.717) is 17.8 Å². The third-order valence-corrected chi connectivity index (χ3v) is 6.17. The third kappa shape index (κ3) is 3.97. The van der Waals surface area contributed by atoms with E-state index >= 15 is 0 Å². The number of anilines is 1. The van der Waals surface area contributed by atoms with Crippen LogP contribution in [0.4, 0.5) is 10.5 Å². The summed E-state index contributed by atoms with van der Waals surface area (Å²) >= 11 is 0. The molecule has 1 aromatic heterocycles. The lowest BCUT2D eigenvalue weighted by Gasteiger charge is -2.42. The Hall–Kier alpha value is -2.60. The zero-order valence-electron chi connectivity index (χ0n) is 16.3. The van der Waals surface area contributed by atoms with Crippen LogP contribution in [0.5, 0.6) is 5.75 Å². The average Bonchev–Trinajstić information content (AvgIpc) is 2.73. The molecule has 2 aliphatic rings. The zero-order chi connectivity index (χ0) is 19.5. The lowest BCUT2D eigenvalue weighted by atomic mass is 9.85. The predicted octanol–water partition coefficient (Wildman–Crippen LogP) is 4.12. The van der Waals surface area contributed by atoms with Gasteiger partial charge in [-0.15, -0.1) is 0 Å². The third-order valence-electron chi connectivity index (χ3n) is 6.17. The van der Waals surface area contributed by atoms with Gasteiger partial charge in [-0.25, -0.2) is 4.79 Å². The number of carboxylic acid groups (broad SMARTS) is 1. The van der Waals surface area contributed by atoms with E-state index in [1.807, 2.05) is 24.5 Å². The van der Waals surface area contributed by atoms with Crippen molar-refractivity contribution in [2.24, 2.45) is 0 Å². The van der Waals surface area contributed by atoms with Crippen LogP contribution in [0.3, 0.4) is 0 Å². The van der Waals surface area contributed by atoms with Crippen LogP contribution in [0.25, 0.3) is 0 Å². The summed E-state index contributed by atoms with van der Waals surface area (Å²) in [6.07, 6.45) is 8.00. The number of ether oxygens (including phenoxy) is 1. The van der Waals surface area contributed by atoms with Crippen molar-refractivity contribution in [2.75, 3.05) is 25.0 Å². The van der Waals surface area contributed by atoms with Crippen molar-refractivity contribution >= 4 is 11.8 Å². The van der Waals surface area contributed by atoms with Gasteiger partial charge in [-0.3, -0.25) is 9.88 Å². The molecule has 0 radical (unpaired) electrons. The number of hydrogen-bond acceptors (Lipinski definition) is 5. The van der Waals surface area contributed by atoms with Crippen molar-refractivity contribution in [1.29, 1.82) is 0 Å². The molecule has 0 amide bonds. The molecular weight excluding hydrogens is 354 g/mol. The molecule has 0 spiro atoms. The first-order valence-corrected chi connectivity index (χ1v) is 10.0. The van der Waals surface area contributed by atoms with Crippen LogP contribution in [0.1, 0.15) is 42.9 Å². The summed E-state index contributed by atoms with van der Waals surface area (Å²) in [6, 6.07) is 10.7. The average molecular weight is 381 g/mol. The molecule has 1 aromatic carbocycles. The Balaban J connectivity index is 1.46. The minimum absolute atomic E-state index is 0.318. The van der Waals surface area contributed by atoms with Gasteiger partial charge in [0.15, 0.2) is 0 Å². The maximum atomic E-state index is 10.9. The SMILES string of the molecule is CN(C1CCN(c2ccncc2)CC1)C1CCCc2ccc(OC(=O)O)cc21. The van der Waals surface area contributed by atoms with E-state index in [1.165, 1.54) is 16.8 Å². The second-order valence-electron chi connectivity index (χ2n) is 7.73. The normalized spacial score (nSPS) is 20.1. The Morgan fingerprint density at radius 3 is 2.64 bits per heavy atom. The molecule has 4 rings (SSSR count). The first kappa shape index (κ1) is 18.7. The molecule has 1 aliphatic heterocycles. The summed E-state index contributed by atoms with van der Waals surface area (Å²) in [7, 11) is 2.22. The molecule has 1 saturated heterocycles. The van der Waals surface area contributed by atoms with Crippen LogP contribution in [0.2, 0.25) is 0 Å². The van der Waals surface area contributed by atoms with Gasteiger partial charge >= 0.3 is 6.16 Å². The lowest BCUT2D eigenvalue weighted by Crippen LogP contribution is -2.45. The zero-order valence-corrected chi connectivity index (χ0v) is 16.3. The van der Waals surface area contributed by atoms with Gasteiger partial charge in [-0.2, -0.15) is 0 Å². The molecule has 6 heteroatoms. The fourth-order valence-electron chi connectivity index (χ4n) is 4.68. The monoisotopic (exact) mass is 381 g/mol. The maximum Gasteiger partial charge on any atom is 0.511 e. The Kier molecular flexibility index (Phi) is 5.48. The van der Waals surface area contributed by atoms with Gasteiger partial charge in [0.2, 0.25) is 0 Å². The highest BCUT2D eigenvalue weighted by Crippen LogP contribution is 2.38. The molecule has 2 heterocycles. The number of piperidine rings is 1. The second kappa shape index (κ2) is 8.19. The van der Waals surface area contributed by atoms with Crippen molar-refractivity contribution in [3.8, 4) is 5.75 Å². The minimum atomic E-state index is -1.26. The summed E-state index contributed by atoms with van der Waals surface area (Å²) < 4.78 is 4.90. The van der Waals surface area contributed by atoms with Crippen molar-refractivity contribution in [3.05, 3.63) is 53.9 Å². The standard InChI is InChI=1S/C22H27N3O3/c1-24(17-9-13-25(14-10-17)18-7-11-23-12-8-18)21-4-2-3-16-5-6-19(15-20(16)21)28-22(26)27/h5-8,11-12,15,17,21H,2-4,9-10,13-14H2,1H3,(H,26,27). The first-order valence-electron chi connectivity index (χ1n) is 10.0. The molecule has 0 bridgehead atoms. The summed E-state index contributed by atoms with van der Waals surface area (Å²) in [6.45, 7) is 2.08. The highest BCUT2D eigenvalue weighted by atomic mass is 16.7. The van der Waals surface area contributed by atoms with E-state index in [-0.39, 0.29) is 0 Å². The molecule has 1 fully saturated rings. The van der Waals surface area contributed by atoms with E-state index in [0.717, 1.165) is 45.2 Å². The van der Waals surface area contributed by atoms with Crippen LogP contribution in [-0.4, -0.2) is 47.3 Å². The van der Waals surface area contributed by atoms with Crippen LogP contribution in [-0.2, 0) is 6.42 Å². The van der Waals surface area contributed by atoms with Crippen LogP contribution >= 0.6 is 0 Å². The van der Waals surface area contributed by atoms with Gasteiger partial charge in [0.25, 0.3) is 0 Å². The molecule has 1 unspecified atom stereocenters. The van der Waals surface area contributed by atoms with Gasteiger partial charge in [-0.1, -0.05) is 6.07 Å². The van der Waals surface area contributed by atoms with Gasteiger partial charge in [0.05, 0.1) is 0 Å². The van der Waals surface area contributed by atoms with Gasteiger partial charge in [0.1, 0.15) is 5.75 Å². The number of benzene rings is 1. The maximum absolute atomic E-state index is 10.9. The molecule has 0 saturated carbocycles. The molecule has 2 aromatic rings. The van der Waals surface area contributed by atoms with E-state index in [2.05, 4.69) is 34.0 Å². The first-order chi connectivity index (χ1) is 13.6. The molecule has 28 heavy (non-hydrogen) atoms. The smallest absolute Gasteiger partial charge is 0.449 e. The van der Waals surface area contributed by atoms with Gasteiger partial charge in [-0.05, 0) is 74.5 Å². The number of aromatic nitrogens is 1. The van der Waals surface area contributed by atoms with E-state index in [9.17, 15) is 4.79 Å². The molecule has 6 nitrogen and oxygen atoms in total. The summed E-state index contributed by atoms with van der Waals surface area (Å²) in [4.78, 5) is 20.0.